The molecule has 115 heavy (non-hydrogen) atoms. The van der Waals surface area contributed by atoms with Gasteiger partial charge in [0, 0.05) is 64.1 Å². The van der Waals surface area contributed by atoms with Gasteiger partial charge in [0.2, 0.25) is 29.5 Å². The molecule has 614 valence electrons. The summed E-state index contributed by atoms with van der Waals surface area (Å²) in [5, 5.41) is 9.37. The number of fused-ring (bicyclic) bond motifs is 6. The molecule has 4 fully saturated rings. The van der Waals surface area contributed by atoms with E-state index in [1.165, 1.54) is 23.1 Å². The molecular formula is C83H91Cl5N6O16S5. The van der Waals surface area contributed by atoms with Crippen LogP contribution in [0.25, 0.3) is 55.5 Å². The van der Waals surface area contributed by atoms with Crippen molar-refractivity contribution >= 4 is 191 Å². The lowest BCUT2D eigenvalue weighted by atomic mass is 9.97. The summed E-state index contributed by atoms with van der Waals surface area (Å²) >= 11 is 37.0. The van der Waals surface area contributed by atoms with Crippen molar-refractivity contribution < 1.29 is 71.6 Å². The highest BCUT2D eigenvalue weighted by molar-refractivity contribution is 8.00. The van der Waals surface area contributed by atoms with Gasteiger partial charge >= 0.3 is 0 Å². The second-order valence-electron chi connectivity index (χ2n) is 34.8. The average molecular weight is 1770 g/mol. The molecule has 0 radical (unpaired) electrons. The number of hydrogen-bond donors (Lipinski definition) is 2. The van der Waals surface area contributed by atoms with Crippen molar-refractivity contribution in [2.75, 3.05) is 0 Å². The molecular weight excluding hydrogens is 1670 g/mol. The molecule has 6 heterocycles. The van der Waals surface area contributed by atoms with Gasteiger partial charge in [0.05, 0.1) is 67.9 Å². The molecule has 2 amide bonds. The van der Waals surface area contributed by atoms with Crippen molar-refractivity contribution in [1.82, 2.24) is 29.8 Å². The summed E-state index contributed by atoms with van der Waals surface area (Å²) in [6.45, 7) is 29.8. The van der Waals surface area contributed by atoms with Crippen LogP contribution in [0.3, 0.4) is 0 Å². The Labute approximate surface area is 702 Å². The maximum atomic E-state index is 13.7. The first-order valence-electron chi connectivity index (χ1n) is 37.7. The van der Waals surface area contributed by atoms with Crippen molar-refractivity contribution in [3.63, 3.8) is 0 Å². The molecule has 5 aromatic heterocycles. The second-order valence-corrected chi connectivity index (χ2v) is 45.0. The number of aliphatic hydroxyl groups excluding tert-OH is 1. The molecule has 11 aromatic rings. The van der Waals surface area contributed by atoms with E-state index in [1.54, 1.807) is 60.3 Å². The van der Waals surface area contributed by atoms with E-state index < -0.39 is 62.8 Å². The lowest BCUT2D eigenvalue weighted by Gasteiger charge is -2.22. The van der Waals surface area contributed by atoms with Crippen LogP contribution in [-0.4, -0.2) is 117 Å². The number of carbonyl (C=O) groups is 4. The SMILES string of the molecule is CC(C)(C)c1nc2ccc(Cl)c(S(=O)(=O)C3CCC(=O)C3)c2o1.CC(C)(C)c1nc2ccc(Cl)c(S(=O)(=O)C3CC[C@@H](N4C(=O)c5ccccc5C4=O)C3)c2o1.CC(C)(C)c1nc2ccc(Cl)c(S(=O)(=O)C3CC[C@H](O)C3)c2o1.CC(C)(C)c1nc2ccc(Cl)c(S)c2o1.CC(C)(C)c1nc2ccc(Cl)c(SC3CCC(=O)C3)c2o1. The number of carbonyl (C=O) groups excluding carboxylic acids is 4. The summed E-state index contributed by atoms with van der Waals surface area (Å²) in [5.74, 6) is 2.32. The average Bonchev–Trinajstić information content (AvgIpc) is 1.63. The van der Waals surface area contributed by atoms with Gasteiger partial charge in [-0.15, -0.1) is 24.4 Å². The minimum atomic E-state index is -3.91. The molecule has 6 atom stereocenters. The number of imide groups is 1. The van der Waals surface area contributed by atoms with Gasteiger partial charge in [0.15, 0.2) is 57.4 Å². The largest absolute Gasteiger partial charge is 0.439 e. The highest BCUT2D eigenvalue weighted by Gasteiger charge is 2.48. The number of rotatable bonds is 9. The van der Waals surface area contributed by atoms with E-state index in [-0.39, 0.29) is 105 Å². The lowest BCUT2D eigenvalue weighted by Crippen LogP contribution is -2.39. The molecule has 1 aliphatic heterocycles. The number of ketones is 2. The zero-order valence-electron chi connectivity index (χ0n) is 66.3. The van der Waals surface area contributed by atoms with E-state index in [0.29, 0.717) is 140 Å². The number of halogens is 5. The normalized spacial score (nSPS) is 19.8. The Hall–Kier alpha value is -6.89. The van der Waals surface area contributed by atoms with E-state index in [0.717, 1.165) is 27.9 Å². The van der Waals surface area contributed by atoms with Crippen molar-refractivity contribution in [2.45, 2.75) is 266 Å². The van der Waals surface area contributed by atoms with Gasteiger partial charge in [-0.3, -0.25) is 24.1 Å². The molecule has 0 bridgehead atoms. The van der Waals surface area contributed by atoms with Gasteiger partial charge in [-0.05, 0) is 124 Å². The quantitative estimate of drug-likeness (QED) is 0.100. The zero-order valence-corrected chi connectivity index (χ0v) is 74.2. The van der Waals surface area contributed by atoms with Gasteiger partial charge in [-0.2, -0.15) is 0 Å². The highest BCUT2D eigenvalue weighted by atomic mass is 35.5. The van der Waals surface area contributed by atoms with Gasteiger partial charge in [-0.25, -0.2) is 50.2 Å². The third-order valence-electron chi connectivity index (χ3n) is 20.3. The number of thioether (sulfide) groups is 1. The summed E-state index contributed by atoms with van der Waals surface area (Å²) in [5.41, 5.74) is 4.33. The first-order chi connectivity index (χ1) is 53.4. The molecule has 1 N–H and O–H groups in total. The van der Waals surface area contributed by atoms with Crippen molar-refractivity contribution in [2.24, 2.45) is 0 Å². The van der Waals surface area contributed by atoms with Crippen molar-refractivity contribution in [3.8, 4) is 0 Å². The fourth-order valence-corrected chi connectivity index (χ4v) is 23.3. The minimum absolute atomic E-state index is 0.00114. The van der Waals surface area contributed by atoms with Crippen molar-refractivity contribution in [1.29, 1.82) is 0 Å². The third kappa shape index (κ3) is 18.2. The van der Waals surface area contributed by atoms with Crippen LogP contribution in [0.2, 0.25) is 25.1 Å². The third-order valence-corrected chi connectivity index (χ3v) is 31.1. The number of thiol groups is 1. The van der Waals surface area contributed by atoms with E-state index in [4.69, 9.17) is 80.1 Å². The van der Waals surface area contributed by atoms with Crippen molar-refractivity contribution in [3.05, 3.63) is 151 Å². The van der Waals surface area contributed by atoms with Gasteiger partial charge in [0.1, 0.15) is 53.8 Å². The first kappa shape index (κ1) is 87.4. The molecule has 5 aliphatic rings. The Morgan fingerprint density at radius 3 is 1.12 bits per heavy atom. The smallest absolute Gasteiger partial charge is 0.261 e. The number of hydrogen-bond acceptors (Lipinski definition) is 23. The van der Waals surface area contributed by atoms with Crippen LogP contribution < -0.4 is 0 Å². The predicted molar refractivity (Wildman–Crippen MR) is 451 cm³/mol. The first-order valence-corrected chi connectivity index (χ1v) is 45.5. The van der Waals surface area contributed by atoms with E-state index in [9.17, 15) is 49.5 Å². The fourth-order valence-electron chi connectivity index (χ4n) is 14.0. The van der Waals surface area contributed by atoms with E-state index >= 15 is 0 Å². The molecule has 0 spiro atoms. The van der Waals surface area contributed by atoms with Gasteiger partial charge < -0.3 is 27.2 Å². The number of amides is 2. The summed E-state index contributed by atoms with van der Waals surface area (Å²) < 4.78 is 108. The van der Waals surface area contributed by atoms with Crippen LogP contribution in [0.5, 0.6) is 0 Å². The maximum absolute atomic E-state index is 13.7. The fraction of sp³-hybridized carbons (Fsp3) is 0.458. The predicted octanol–water partition coefficient (Wildman–Crippen LogP) is 21.0. The maximum Gasteiger partial charge on any atom is 0.261 e. The highest BCUT2D eigenvalue weighted by Crippen LogP contribution is 2.47. The monoisotopic (exact) mass is 1760 g/mol. The second kappa shape index (κ2) is 32.7. The summed E-state index contributed by atoms with van der Waals surface area (Å²) in [7, 11) is -11.3. The van der Waals surface area contributed by atoms with Gasteiger partial charge in [-0.1, -0.05) is 174 Å². The Bertz CT molecular complexity index is 6000. The number of aliphatic hydroxyl groups is 1. The molecule has 6 aromatic carbocycles. The zero-order chi connectivity index (χ0) is 84.1. The van der Waals surface area contributed by atoms with Crippen LogP contribution in [0.15, 0.2) is 131 Å². The Kier molecular flexibility index (Phi) is 24.8. The molecule has 4 aliphatic carbocycles. The Morgan fingerprint density at radius 1 is 0.409 bits per heavy atom. The van der Waals surface area contributed by atoms with E-state index in [2.05, 4.69) is 79.1 Å². The molecule has 4 unspecified atom stereocenters. The Morgan fingerprint density at radius 2 is 0.748 bits per heavy atom. The molecule has 16 rings (SSSR count). The summed E-state index contributed by atoms with van der Waals surface area (Å²) in [6, 6.07) is 23.1. The number of nitrogens with zero attached hydrogens (tertiary/aromatic N) is 6. The molecule has 32 heteroatoms. The van der Waals surface area contributed by atoms with Crippen LogP contribution in [-0.2, 0) is 66.2 Å². The van der Waals surface area contributed by atoms with Crippen LogP contribution >= 0.6 is 82.4 Å². The molecule has 22 nitrogen and oxygen atoms in total. The van der Waals surface area contributed by atoms with Gasteiger partial charge in [0.25, 0.3) is 11.8 Å². The molecule has 4 saturated carbocycles. The molecule has 0 saturated heterocycles. The van der Waals surface area contributed by atoms with Crippen LogP contribution in [0, 0.1) is 0 Å². The number of oxazole rings is 5. The summed E-state index contributed by atoms with van der Waals surface area (Å²) in [4.78, 5) is 73.5. The number of sulfone groups is 3. The lowest BCUT2D eigenvalue weighted by molar-refractivity contribution is -0.118. The Balaban J connectivity index is 0.000000136. The van der Waals surface area contributed by atoms with Crippen LogP contribution in [0.1, 0.15) is 231 Å². The number of Topliss-reactive ketones (excluding diaryl/α,β-unsaturated/α-hetero) is 2. The minimum Gasteiger partial charge on any atom is -0.439 e. The van der Waals surface area contributed by atoms with E-state index in [1.807, 2.05) is 80.5 Å². The van der Waals surface area contributed by atoms with Crippen LogP contribution in [0.4, 0.5) is 0 Å². The number of aromatic nitrogens is 5. The number of benzene rings is 6. The standard InChI is InChI=1S/C24H23ClN2O5S.C16H20ClNO4S.C16H18ClNO4S.C16H18ClNO2S.C11H12ClNOS/c1-24(2,3)23-26-18-11-10-17(25)20(19(18)32-23)33(30,31)14-9-8-13(12-14)27-21(28)15-6-4-5-7-16(15)22(27)29;2*1-16(2,3)15-18-12-7-6-11(17)14(13(12)22-15)23(20,21)10-5-4-9(19)8-10;1-16(2,3)15-18-12-7-6-11(17)14(13(12)20-15)21-10-5-4-9(19)8-10;1-11(2,3)10-13-7-5-4-6(12)9(15)8(7)14-10/h4-7,10-11,13-14H,8-9,12H2,1-3H3;6-7,9-10,19H,4-5,8H2,1-3H3;6-7,10H,4-5,8H2,1-3H3;6-7,10H,4-5,8H2,1-3H3;4-5,15H,1-3H3/t13-,14?;9-,10?;;;/m10.../s1. The topological polar surface area (TPSA) is 324 Å². The summed E-state index contributed by atoms with van der Waals surface area (Å²) in [6.07, 6.45) is 4.31.